The molecule has 0 unspecified atom stereocenters. The molecule has 0 saturated carbocycles. The molecule has 3 rings (SSSR count). The second-order valence-corrected chi connectivity index (χ2v) is 8.07. The molecule has 7 nitrogen and oxygen atoms in total. The molecule has 0 atom stereocenters. The SMILES string of the molecule is CCN(CC)c1ccc(-c2nnc(SCC(=O)Nc3cc(C)ccc3OC)n2C)cc1. The number of carbonyl (C=O) groups is 1. The Kier molecular flexibility index (Phi) is 7.57. The molecule has 0 radical (unpaired) electrons. The highest BCUT2D eigenvalue weighted by atomic mass is 32.2. The first-order valence-corrected chi connectivity index (χ1v) is 11.3. The number of aryl methyl sites for hydroxylation is 1. The van der Waals surface area contributed by atoms with Crippen LogP contribution in [0.1, 0.15) is 19.4 Å². The van der Waals surface area contributed by atoms with Gasteiger partial charge >= 0.3 is 0 Å². The molecule has 0 bridgehead atoms. The third kappa shape index (κ3) is 5.38. The van der Waals surface area contributed by atoms with Gasteiger partial charge in [0.15, 0.2) is 11.0 Å². The van der Waals surface area contributed by atoms with Gasteiger partial charge in [-0.05, 0) is 62.7 Å². The number of hydrogen-bond donors (Lipinski definition) is 1. The second kappa shape index (κ2) is 10.3. The quantitative estimate of drug-likeness (QED) is 0.499. The summed E-state index contributed by atoms with van der Waals surface area (Å²) in [7, 11) is 3.50. The van der Waals surface area contributed by atoms with Crippen LogP contribution < -0.4 is 15.0 Å². The maximum Gasteiger partial charge on any atom is 0.234 e. The topological polar surface area (TPSA) is 72.3 Å². The van der Waals surface area contributed by atoms with Crippen molar-refractivity contribution in [2.24, 2.45) is 7.05 Å². The summed E-state index contributed by atoms with van der Waals surface area (Å²) >= 11 is 1.35. The van der Waals surface area contributed by atoms with Gasteiger partial charge in [0.1, 0.15) is 5.75 Å². The van der Waals surface area contributed by atoms with Gasteiger partial charge in [0, 0.05) is 31.4 Å². The summed E-state index contributed by atoms with van der Waals surface area (Å²) in [4.78, 5) is 14.8. The van der Waals surface area contributed by atoms with Crippen molar-refractivity contribution in [1.29, 1.82) is 0 Å². The number of thioether (sulfide) groups is 1. The van der Waals surface area contributed by atoms with Crippen LogP contribution in [0.5, 0.6) is 5.75 Å². The monoisotopic (exact) mass is 439 g/mol. The Labute approximate surface area is 187 Å². The van der Waals surface area contributed by atoms with E-state index in [1.54, 1.807) is 7.11 Å². The molecule has 1 amide bonds. The minimum absolute atomic E-state index is 0.123. The predicted molar refractivity (Wildman–Crippen MR) is 127 cm³/mol. The van der Waals surface area contributed by atoms with Crippen molar-refractivity contribution in [1.82, 2.24) is 14.8 Å². The summed E-state index contributed by atoms with van der Waals surface area (Å²) in [6, 6.07) is 14.0. The molecule has 1 N–H and O–H groups in total. The van der Waals surface area contributed by atoms with E-state index < -0.39 is 0 Å². The van der Waals surface area contributed by atoms with Crippen molar-refractivity contribution < 1.29 is 9.53 Å². The minimum Gasteiger partial charge on any atom is -0.495 e. The van der Waals surface area contributed by atoms with Crippen LogP contribution in [0.25, 0.3) is 11.4 Å². The summed E-state index contributed by atoms with van der Waals surface area (Å²) in [6.45, 7) is 8.21. The Morgan fingerprint density at radius 1 is 1.13 bits per heavy atom. The molecule has 0 aliphatic carbocycles. The summed E-state index contributed by atoms with van der Waals surface area (Å²) in [6.07, 6.45) is 0. The summed E-state index contributed by atoms with van der Waals surface area (Å²) in [5, 5.41) is 12.2. The van der Waals surface area contributed by atoms with E-state index in [4.69, 9.17) is 4.74 Å². The van der Waals surface area contributed by atoms with Crippen molar-refractivity contribution >= 4 is 29.0 Å². The van der Waals surface area contributed by atoms with Gasteiger partial charge in [0.25, 0.3) is 0 Å². The van der Waals surface area contributed by atoms with Gasteiger partial charge in [-0.2, -0.15) is 0 Å². The summed E-state index contributed by atoms with van der Waals surface area (Å²) in [5.41, 5.74) is 3.90. The first-order chi connectivity index (χ1) is 15.0. The van der Waals surface area contributed by atoms with Crippen molar-refractivity contribution in [3.63, 3.8) is 0 Å². The van der Waals surface area contributed by atoms with Crippen LogP contribution in [-0.4, -0.2) is 46.6 Å². The highest BCUT2D eigenvalue weighted by molar-refractivity contribution is 7.99. The number of ether oxygens (including phenoxy) is 1. The molecule has 0 aliphatic rings. The highest BCUT2D eigenvalue weighted by Crippen LogP contribution is 2.27. The molecule has 1 heterocycles. The van der Waals surface area contributed by atoms with E-state index >= 15 is 0 Å². The number of nitrogens with one attached hydrogen (secondary N) is 1. The maximum atomic E-state index is 12.5. The number of benzene rings is 2. The van der Waals surface area contributed by atoms with Crippen LogP contribution in [0.2, 0.25) is 0 Å². The molecule has 2 aromatic carbocycles. The minimum atomic E-state index is -0.123. The number of rotatable bonds is 9. The van der Waals surface area contributed by atoms with Crippen molar-refractivity contribution in [3.8, 4) is 17.1 Å². The van der Waals surface area contributed by atoms with E-state index in [1.807, 2.05) is 36.7 Å². The van der Waals surface area contributed by atoms with Gasteiger partial charge in [0.05, 0.1) is 18.6 Å². The lowest BCUT2D eigenvalue weighted by molar-refractivity contribution is -0.113. The molecule has 0 spiro atoms. The molecule has 0 fully saturated rings. The Bertz CT molecular complexity index is 1030. The number of hydrogen-bond acceptors (Lipinski definition) is 6. The first-order valence-electron chi connectivity index (χ1n) is 10.3. The maximum absolute atomic E-state index is 12.5. The summed E-state index contributed by atoms with van der Waals surface area (Å²) in [5.74, 6) is 1.51. The van der Waals surface area contributed by atoms with Crippen molar-refractivity contribution in [3.05, 3.63) is 48.0 Å². The van der Waals surface area contributed by atoms with Crippen LogP contribution in [0.4, 0.5) is 11.4 Å². The molecule has 0 saturated heterocycles. The van der Waals surface area contributed by atoms with E-state index in [0.717, 1.165) is 30.0 Å². The first kappa shape index (κ1) is 22.7. The van der Waals surface area contributed by atoms with Gasteiger partial charge in [-0.3, -0.25) is 4.79 Å². The Morgan fingerprint density at radius 2 is 1.84 bits per heavy atom. The van der Waals surface area contributed by atoms with E-state index in [-0.39, 0.29) is 11.7 Å². The smallest absolute Gasteiger partial charge is 0.234 e. The van der Waals surface area contributed by atoms with Crippen LogP contribution in [0, 0.1) is 6.92 Å². The molecule has 8 heteroatoms. The number of nitrogens with zero attached hydrogens (tertiary/aromatic N) is 4. The van der Waals surface area contributed by atoms with Gasteiger partial charge in [0.2, 0.25) is 5.91 Å². The normalized spacial score (nSPS) is 10.7. The van der Waals surface area contributed by atoms with Crippen LogP contribution in [0.15, 0.2) is 47.6 Å². The van der Waals surface area contributed by atoms with Crippen LogP contribution >= 0.6 is 11.8 Å². The fraction of sp³-hybridized carbons (Fsp3) is 0.348. The van der Waals surface area contributed by atoms with Gasteiger partial charge in [-0.1, -0.05) is 17.8 Å². The standard InChI is InChI=1S/C23H29N5O2S/c1-6-28(7-2)18-11-9-17(10-12-18)22-25-26-23(27(22)4)31-15-21(29)24-19-14-16(3)8-13-20(19)30-5/h8-14H,6-7,15H2,1-5H3,(H,24,29). The van der Waals surface area contributed by atoms with E-state index in [0.29, 0.717) is 16.6 Å². The third-order valence-electron chi connectivity index (χ3n) is 5.05. The summed E-state index contributed by atoms with van der Waals surface area (Å²) < 4.78 is 7.24. The zero-order valence-electron chi connectivity index (χ0n) is 18.7. The molecule has 0 aliphatic heterocycles. The average molecular weight is 440 g/mol. The molecule has 31 heavy (non-hydrogen) atoms. The lowest BCUT2D eigenvalue weighted by Crippen LogP contribution is -2.21. The van der Waals surface area contributed by atoms with Crippen molar-refractivity contribution in [2.75, 3.05) is 36.2 Å². The lowest BCUT2D eigenvalue weighted by atomic mass is 10.2. The number of amides is 1. The second-order valence-electron chi connectivity index (χ2n) is 7.12. The predicted octanol–water partition coefficient (Wildman–Crippen LogP) is 4.38. The molecular formula is C23H29N5O2S. The van der Waals surface area contributed by atoms with E-state index in [2.05, 4.69) is 58.5 Å². The third-order valence-corrected chi connectivity index (χ3v) is 6.07. The van der Waals surface area contributed by atoms with E-state index in [1.165, 1.54) is 17.4 Å². The number of carbonyl (C=O) groups excluding carboxylic acids is 1. The number of anilines is 2. The zero-order chi connectivity index (χ0) is 22.4. The highest BCUT2D eigenvalue weighted by Gasteiger charge is 2.14. The molecule has 3 aromatic rings. The average Bonchev–Trinajstić information content (AvgIpc) is 3.14. The fourth-order valence-corrected chi connectivity index (χ4v) is 4.05. The molecule has 164 valence electrons. The number of aromatic nitrogens is 3. The van der Waals surface area contributed by atoms with E-state index in [9.17, 15) is 4.79 Å². The molecule has 1 aromatic heterocycles. The van der Waals surface area contributed by atoms with Gasteiger partial charge < -0.3 is 19.5 Å². The fourth-order valence-electron chi connectivity index (χ4n) is 3.34. The van der Waals surface area contributed by atoms with Crippen LogP contribution in [-0.2, 0) is 11.8 Å². The van der Waals surface area contributed by atoms with Gasteiger partial charge in [-0.15, -0.1) is 10.2 Å². The Morgan fingerprint density at radius 3 is 2.48 bits per heavy atom. The van der Waals surface area contributed by atoms with Gasteiger partial charge in [-0.25, -0.2) is 0 Å². The zero-order valence-corrected chi connectivity index (χ0v) is 19.5. The van der Waals surface area contributed by atoms with Crippen LogP contribution in [0.3, 0.4) is 0 Å². The van der Waals surface area contributed by atoms with Crippen molar-refractivity contribution in [2.45, 2.75) is 25.9 Å². The Balaban J connectivity index is 1.66. The Hall–Kier alpha value is -3.00. The largest absolute Gasteiger partial charge is 0.495 e. The number of methoxy groups -OCH3 is 1. The lowest BCUT2D eigenvalue weighted by Gasteiger charge is -2.21. The molecular weight excluding hydrogens is 410 g/mol.